The number of benzene rings is 1. The van der Waals surface area contributed by atoms with Crippen molar-refractivity contribution in [2.24, 2.45) is 4.99 Å². The first-order chi connectivity index (χ1) is 13.1. The van der Waals surface area contributed by atoms with Gasteiger partial charge in [0.15, 0.2) is 5.96 Å². The van der Waals surface area contributed by atoms with Gasteiger partial charge in [-0.2, -0.15) is 0 Å². The Labute approximate surface area is 169 Å². The molecule has 0 aliphatic carbocycles. The van der Waals surface area contributed by atoms with Crippen LogP contribution in [0.1, 0.15) is 10.4 Å². The second-order valence-corrected chi connectivity index (χ2v) is 8.16. The van der Waals surface area contributed by atoms with Crippen molar-refractivity contribution in [3.05, 3.63) is 45.1 Å². The molecular formula is C19H25ClN4O2S. The standard InChI is InChI=1S/C19H25ClN4O2S/c1-21-19(22-12-14-11-15(26-2)3-5-17(14)25)24-9-7-23(8-10-24)13-16-4-6-18(20)27-16/h3-6,11,25H,7-10,12-13H2,1-2H3,(H,21,22). The Kier molecular flexibility index (Phi) is 6.82. The molecule has 1 fully saturated rings. The van der Waals surface area contributed by atoms with Crippen LogP contribution >= 0.6 is 22.9 Å². The van der Waals surface area contributed by atoms with Crippen LogP contribution in [0.4, 0.5) is 0 Å². The van der Waals surface area contributed by atoms with Crippen LogP contribution in [-0.2, 0) is 13.1 Å². The SMILES string of the molecule is CN=C(NCc1cc(OC)ccc1O)N1CCN(Cc2ccc(Cl)s2)CC1. The molecule has 1 aromatic carbocycles. The zero-order valence-corrected chi connectivity index (χ0v) is 17.2. The van der Waals surface area contributed by atoms with Crippen LogP contribution in [0.5, 0.6) is 11.5 Å². The smallest absolute Gasteiger partial charge is 0.194 e. The minimum atomic E-state index is 0.248. The molecule has 1 aromatic heterocycles. The summed E-state index contributed by atoms with van der Waals surface area (Å²) in [6, 6.07) is 9.28. The number of nitrogens with zero attached hydrogens (tertiary/aromatic N) is 3. The molecule has 3 rings (SSSR count). The van der Waals surface area contributed by atoms with E-state index < -0.39 is 0 Å². The molecule has 2 aromatic rings. The van der Waals surface area contributed by atoms with Crippen molar-refractivity contribution in [3.63, 3.8) is 0 Å². The van der Waals surface area contributed by atoms with Gasteiger partial charge in [-0.3, -0.25) is 9.89 Å². The summed E-state index contributed by atoms with van der Waals surface area (Å²) in [6.45, 7) is 5.19. The largest absolute Gasteiger partial charge is 0.508 e. The van der Waals surface area contributed by atoms with E-state index >= 15 is 0 Å². The van der Waals surface area contributed by atoms with Crippen molar-refractivity contribution < 1.29 is 9.84 Å². The summed E-state index contributed by atoms with van der Waals surface area (Å²) >= 11 is 7.66. The molecular weight excluding hydrogens is 384 g/mol. The number of halogens is 1. The molecule has 0 spiro atoms. The lowest BCUT2D eigenvalue weighted by atomic mass is 10.2. The van der Waals surface area contributed by atoms with Gasteiger partial charge in [0.25, 0.3) is 0 Å². The summed E-state index contributed by atoms with van der Waals surface area (Å²) in [5, 5.41) is 13.4. The number of hydrogen-bond donors (Lipinski definition) is 2. The summed E-state index contributed by atoms with van der Waals surface area (Å²) in [6.07, 6.45) is 0. The monoisotopic (exact) mass is 408 g/mol. The van der Waals surface area contributed by atoms with E-state index in [0.29, 0.717) is 6.54 Å². The summed E-state index contributed by atoms with van der Waals surface area (Å²) in [7, 11) is 3.40. The van der Waals surface area contributed by atoms with Crippen LogP contribution in [-0.4, -0.2) is 61.2 Å². The maximum absolute atomic E-state index is 10.0. The molecule has 146 valence electrons. The topological polar surface area (TPSA) is 60.3 Å². The normalized spacial score (nSPS) is 15.8. The Morgan fingerprint density at radius 1 is 1.26 bits per heavy atom. The average molecular weight is 409 g/mol. The highest BCUT2D eigenvalue weighted by molar-refractivity contribution is 7.16. The summed E-state index contributed by atoms with van der Waals surface area (Å²) < 4.78 is 6.07. The highest BCUT2D eigenvalue weighted by atomic mass is 35.5. The molecule has 1 saturated heterocycles. The average Bonchev–Trinajstić information content (AvgIpc) is 3.09. The minimum Gasteiger partial charge on any atom is -0.508 e. The van der Waals surface area contributed by atoms with Crippen molar-refractivity contribution >= 4 is 28.9 Å². The third kappa shape index (κ3) is 5.28. The first-order valence-corrected chi connectivity index (χ1v) is 10.1. The fraction of sp³-hybridized carbons (Fsp3) is 0.421. The van der Waals surface area contributed by atoms with Gasteiger partial charge in [0.2, 0.25) is 0 Å². The van der Waals surface area contributed by atoms with E-state index in [2.05, 4.69) is 26.2 Å². The Balaban J connectivity index is 1.52. The van der Waals surface area contributed by atoms with E-state index in [1.807, 2.05) is 12.1 Å². The van der Waals surface area contributed by atoms with E-state index in [4.69, 9.17) is 16.3 Å². The third-order valence-electron chi connectivity index (χ3n) is 4.62. The lowest BCUT2D eigenvalue weighted by molar-refractivity contribution is 0.173. The Morgan fingerprint density at radius 3 is 2.67 bits per heavy atom. The van der Waals surface area contributed by atoms with Crippen molar-refractivity contribution in [1.82, 2.24) is 15.1 Å². The molecule has 0 saturated carbocycles. The van der Waals surface area contributed by atoms with E-state index in [1.165, 1.54) is 4.88 Å². The molecule has 2 N–H and O–H groups in total. The molecule has 0 atom stereocenters. The number of guanidine groups is 1. The lowest BCUT2D eigenvalue weighted by Crippen LogP contribution is -2.51. The number of aromatic hydroxyl groups is 1. The number of methoxy groups -OCH3 is 1. The van der Waals surface area contributed by atoms with E-state index in [-0.39, 0.29) is 5.75 Å². The van der Waals surface area contributed by atoms with Gasteiger partial charge in [0, 0.05) is 56.8 Å². The van der Waals surface area contributed by atoms with Gasteiger partial charge < -0.3 is 20.1 Å². The molecule has 8 heteroatoms. The molecule has 0 bridgehead atoms. The fourth-order valence-electron chi connectivity index (χ4n) is 3.11. The van der Waals surface area contributed by atoms with E-state index in [9.17, 15) is 5.11 Å². The van der Waals surface area contributed by atoms with Crippen LogP contribution in [0.15, 0.2) is 35.3 Å². The van der Waals surface area contributed by atoms with Gasteiger partial charge >= 0.3 is 0 Å². The zero-order valence-electron chi connectivity index (χ0n) is 15.6. The molecule has 27 heavy (non-hydrogen) atoms. The van der Waals surface area contributed by atoms with Crippen LogP contribution in [0.3, 0.4) is 0 Å². The van der Waals surface area contributed by atoms with Gasteiger partial charge in [-0.25, -0.2) is 0 Å². The molecule has 0 amide bonds. The summed E-state index contributed by atoms with van der Waals surface area (Å²) in [5.74, 6) is 1.82. The van der Waals surface area contributed by atoms with E-state index in [0.717, 1.165) is 54.3 Å². The predicted molar refractivity (Wildman–Crippen MR) is 111 cm³/mol. The molecule has 6 nitrogen and oxygen atoms in total. The number of rotatable bonds is 5. The summed E-state index contributed by atoms with van der Waals surface area (Å²) in [4.78, 5) is 10.4. The molecule has 2 heterocycles. The van der Waals surface area contributed by atoms with Crippen molar-refractivity contribution in [2.45, 2.75) is 13.1 Å². The van der Waals surface area contributed by atoms with Gasteiger partial charge in [-0.15, -0.1) is 11.3 Å². The van der Waals surface area contributed by atoms with Crippen molar-refractivity contribution in [2.75, 3.05) is 40.3 Å². The molecule has 0 radical (unpaired) electrons. The summed E-state index contributed by atoms with van der Waals surface area (Å²) in [5.41, 5.74) is 0.781. The number of piperazine rings is 1. The highest BCUT2D eigenvalue weighted by Gasteiger charge is 2.20. The maximum Gasteiger partial charge on any atom is 0.194 e. The van der Waals surface area contributed by atoms with Gasteiger partial charge in [0.05, 0.1) is 11.4 Å². The first-order valence-electron chi connectivity index (χ1n) is 8.87. The van der Waals surface area contributed by atoms with Crippen LogP contribution in [0.2, 0.25) is 4.34 Å². The lowest BCUT2D eigenvalue weighted by Gasteiger charge is -2.36. The Morgan fingerprint density at radius 2 is 2.04 bits per heavy atom. The Hall–Kier alpha value is -1.96. The predicted octanol–water partition coefficient (Wildman–Crippen LogP) is 3.01. The Bertz CT molecular complexity index is 788. The zero-order chi connectivity index (χ0) is 19.2. The van der Waals surface area contributed by atoms with Crippen LogP contribution in [0, 0.1) is 0 Å². The van der Waals surface area contributed by atoms with Gasteiger partial charge in [-0.1, -0.05) is 11.6 Å². The molecule has 0 unspecified atom stereocenters. The number of thiophene rings is 1. The highest BCUT2D eigenvalue weighted by Crippen LogP contribution is 2.24. The maximum atomic E-state index is 10.0. The first kappa shape index (κ1) is 19.8. The number of ether oxygens (including phenoxy) is 1. The van der Waals surface area contributed by atoms with Gasteiger partial charge in [0.1, 0.15) is 11.5 Å². The minimum absolute atomic E-state index is 0.248. The second-order valence-electron chi connectivity index (χ2n) is 6.36. The van der Waals surface area contributed by atoms with E-state index in [1.54, 1.807) is 37.6 Å². The van der Waals surface area contributed by atoms with Gasteiger partial charge in [-0.05, 0) is 30.3 Å². The second kappa shape index (κ2) is 9.30. The third-order valence-corrected chi connectivity index (χ3v) is 5.83. The molecule has 1 aliphatic heterocycles. The molecule has 1 aliphatic rings. The fourth-order valence-corrected chi connectivity index (χ4v) is 4.24. The van der Waals surface area contributed by atoms with Crippen LogP contribution < -0.4 is 10.1 Å². The number of phenolic OH excluding ortho intramolecular Hbond substituents is 1. The number of aliphatic imine (C=N–C) groups is 1. The van der Waals surface area contributed by atoms with Crippen LogP contribution in [0.25, 0.3) is 0 Å². The number of phenols is 1. The quantitative estimate of drug-likeness (QED) is 0.588. The number of hydrogen-bond acceptors (Lipinski definition) is 5. The van der Waals surface area contributed by atoms with Crippen molar-refractivity contribution in [3.8, 4) is 11.5 Å². The number of nitrogens with one attached hydrogen (secondary N) is 1. The van der Waals surface area contributed by atoms with Crippen molar-refractivity contribution in [1.29, 1.82) is 0 Å².